The molecule has 0 fully saturated rings. The van der Waals surface area contributed by atoms with Gasteiger partial charge in [-0.1, -0.05) is 54.1 Å². The summed E-state index contributed by atoms with van der Waals surface area (Å²) in [6.07, 6.45) is 0.981. The van der Waals surface area contributed by atoms with Crippen LogP contribution in [0.15, 0.2) is 60.9 Å². The van der Waals surface area contributed by atoms with Gasteiger partial charge in [0.05, 0.1) is 12.6 Å². The second kappa shape index (κ2) is 6.08. The molecule has 1 unspecified atom stereocenters. The molecule has 0 aliphatic heterocycles. The molecule has 0 saturated heterocycles. The van der Waals surface area contributed by atoms with Crippen LogP contribution >= 0.6 is 11.6 Å². The van der Waals surface area contributed by atoms with Gasteiger partial charge >= 0.3 is 0 Å². The Morgan fingerprint density at radius 3 is 2.48 bits per heavy atom. The molecule has 1 heterocycles. The van der Waals surface area contributed by atoms with Gasteiger partial charge < -0.3 is 5.11 Å². The lowest BCUT2D eigenvalue weighted by atomic mass is 10.1. The first-order valence-corrected chi connectivity index (χ1v) is 6.98. The van der Waals surface area contributed by atoms with Crippen molar-refractivity contribution in [1.29, 1.82) is 0 Å². The molecule has 0 amide bonds. The van der Waals surface area contributed by atoms with E-state index in [1.54, 1.807) is 23.1 Å². The Bertz CT molecular complexity index is 710. The van der Waals surface area contributed by atoms with E-state index in [4.69, 9.17) is 11.6 Å². The van der Waals surface area contributed by atoms with Crippen LogP contribution in [-0.2, 0) is 6.54 Å². The van der Waals surface area contributed by atoms with Gasteiger partial charge in [0, 0.05) is 10.6 Å². The standard InChI is InChI=1S/C16H14ClN3O/c17-14-8-6-12(7-9-14)15(21)10-20-11-18-16(19-20)13-4-2-1-3-5-13/h1-9,11,15,21H,10H2. The van der Waals surface area contributed by atoms with Crippen LogP contribution in [0, 0.1) is 0 Å². The minimum atomic E-state index is -0.646. The Labute approximate surface area is 127 Å². The molecule has 0 radical (unpaired) electrons. The van der Waals surface area contributed by atoms with E-state index in [2.05, 4.69) is 10.1 Å². The molecular formula is C16H14ClN3O. The quantitative estimate of drug-likeness (QED) is 0.804. The number of hydrogen-bond donors (Lipinski definition) is 1. The maximum absolute atomic E-state index is 10.2. The Hall–Kier alpha value is -2.17. The largest absolute Gasteiger partial charge is 0.386 e. The Morgan fingerprint density at radius 2 is 1.76 bits per heavy atom. The molecular weight excluding hydrogens is 286 g/mol. The maximum atomic E-state index is 10.2. The van der Waals surface area contributed by atoms with Gasteiger partial charge in [-0.2, -0.15) is 5.10 Å². The average Bonchev–Trinajstić information content (AvgIpc) is 2.97. The van der Waals surface area contributed by atoms with Gasteiger partial charge in [-0.25, -0.2) is 9.67 Å². The molecule has 4 nitrogen and oxygen atoms in total. The number of aliphatic hydroxyl groups is 1. The van der Waals surface area contributed by atoms with Gasteiger partial charge in [0.2, 0.25) is 0 Å². The topological polar surface area (TPSA) is 50.9 Å². The molecule has 3 rings (SSSR count). The highest BCUT2D eigenvalue weighted by atomic mass is 35.5. The zero-order valence-corrected chi connectivity index (χ0v) is 12.0. The minimum absolute atomic E-state index is 0.349. The van der Waals surface area contributed by atoms with E-state index in [-0.39, 0.29) is 0 Å². The average molecular weight is 300 g/mol. The smallest absolute Gasteiger partial charge is 0.181 e. The molecule has 5 heteroatoms. The number of rotatable bonds is 4. The van der Waals surface area contributed by atoms with Crippen molar-refractivity contribution in [3.8, 4) is 11.4 Å². The fourth-order valence-corrected chi connectivity index (χ4v) is 2.20. The van der Waals surface area contributed by atoms with Gasteiger partial charge in [-0.05, 0) is 17.7 Å². The number of hydrogen-bond acceptors (Lipinski definition) is 3. The van der Waals surface area contributed by atoms with Gasteiger partial charge in [0.25, 0.3) is 0 Å². The second-order valence-electron chi connectivity index (χ2n) is 4.72. The van der Waals surface area contributed by atoms with Gasteiger partial charge in [-0.3, -0.25) is 0 Å². The zero-order valence-electron chi connectivity index (χ0n) is 11.2. The SMILES string of the molecule is OC(Cn1cnc(-c2ccccc2)n1)c1ccc(Cl)cc1. The van der Waals surface area contributed by atoms with Crippen molar-refractivity contribution >= 4 is 11.6 Å². The van der Waals surface area contributed by atoms with E-state index in [0.29, 0.717) is 17.4 Å². The van der Waals surface area contributed by atoms with Crippen LogP contribution in [0.5, 0.6) is 0 Å². The van der Waals surface area contributed by atoms with E-state index in [1.165, 1.54) is 0 Å². The van der Waals surface area contributed by atoms with Crippen LogP contribution in [0.2, 0.25) is 5.02 Å². The highest BCUT2D eigenvalue weighted by Gasteiger charge is 2.10. The monoisotopic (exact) mass is 299 g/mol. The lowest BCUT2D eigenvalue weighted by molar-refractivity contribution is 0.151. The summed E-state index contributed by atoms with van der Waals surface area (Å²) in [6.45, 7) is 0.349. The molecule has 0 aliphatic carbocycles. The summed E-state index contributed by atoms with van der Waals surface area (Å²) in [5.41, 5.74) is 1.76. The van der Waals surface area contributed by atoms with E-state index < -0.39 is 6.10 Å². The Morgan fingerprint density at radius 1 is 1.05 bits per heavy atom. The maximum Gasteiger partial charge on any atom is 0.181 e. The predicted octanol–water partition coefficient (Wildman–Crippen LogP) is 3.33. The lowest BCUT2D eigenvalue weighted by Gasteiger charge is -2.10. The first-order valence-electron chi connectivity index (χ1n) is 6.61. The number of halogens is 1. The number of nitrogens with zero attached hydrogens (tertiary/aromatic N) is 3. The summed E-state index contributed by atoms with van der Waals surface area (Å²) < 4.78 is 1.64. The van der Waals surface area contributed by atoms with Gasteiger partial charge in [0.15, 0.2) is 5.82 Å². The second-order valence-corrected chi connectivity index (χ2v) is 5.16. The van der Waals surface area contributed by atoms with Crippen molar-refractivity contribution in [2.45, 2.75) is 12.6 Å². The van der Waals surface area contributed by atoms with Crippen molar-refractivity contribution in [1.82, 2.24) is 14.8 Å². The fourth-order valence-electron chi connectivity index (χ4n) is 2.07. The van der Waals surface area contributed by atoms with Crippen molar-refractivity contribution in [3.05, 3.63) is 71.5 Å². The van der Waals surface area contributed by atoms with Crippen LogP contribution < -0.4 is 0 Å². The van der Waals surface area contributed by atoms with Gasteiger partial charge in [0.1, 0.15) is 6.33 Å². The summed E-state index contributed by atoms with van der Waals surface area (Å²) in [7, 11) is 0. The molecule has 106 valence electrons. The zero-order chi connectivity index (χ0) is 14.7. The highest BCUT2D eigenvalue weighted by molar-refractivity contribution is 6.30. The van der Waals surface area contributed by atoms with E-state index in [9.17, 15) is 5.11 Å². The number of aromatic nitrogens is 3. The Balaban J connectivity index is 1.74. The molecule has 0 bridgehead atoms. The van der Waals surface area contributed by atoms with Crippen LogP contribution in [0.25, 0.3) is 11.4 Å². The summed E-state index contributed by atoms with van der Waals surface area (Å²) in [5, 5.41) is 15.2. The number of aliphatic hydroxyl groups excluding tert-OH is 1. The summed E-state index contributed by atoms with van der Waals surface area (Å²) in [5.74, 6) is 0.652. The van der Waals surface area contributed by atoms with Crippen LogP contribution in [0.4, 0.5) is 0 Å². The normalized spacial score (nSPS) is 12.3. The van der Waals surface area contributed by atoms with E-state index >= 15 is 0 Å². The van der Waals surface area contributed by atoms with Crippen LogP contribution in [0.1, 0.15) is 11.7 Å². The molecule has 2 aromatic carbocycles. The van der Waals surface area contributed by atoms with Crippen LogP contribution in [-0.4, -0.2) is 19.9 Å². The van der Waals surface area contributed by atoms with Crippen molar-refractivity contribution in [2.75, 3.05) is 0 Å². The van der Waals surface area contributed by atoms with Crippen LogP contribution in [0.3, 0.4) is 0 Å². The van der Waals surface area contributed by atoms with E-state index in [0.717, 1.165) is 11.1 Å². The van der Waals surface area contributed by atoms with E-state index in [1.807, 2.05) is 42.5 Å². The first kappa shape index (κ1) is 13.8. The molecule has 1 aromatic heterocycles. The third kappa shape index (κ3) is 3.29. The molecule has 1 atom stereocenters. The molecule has 0 spiro atoms. The van der Waals surface area contributed by atoms with Crippen molar-refractivity contribution in [3.63, 3.8) is 0 Å². The molecule has 1 N–H and O–H groups in total. The predicted molar refractivity (Wildman–Crippen MR) is 81.9 cm³/mol. The molecule has 3 aromatic rings. The molecule has 0 saturated carbocycles. The minimum Gasteiger partial charge on any atom is -0.386 e. The summed E-state index contributed by atoms with van der Waals surface area (Å²) in [6, 6.07) is 16.9. The summed E-state index contributed by atoms with van der Waals surface area (Å²) >= 11 is 5.84. The Kier molecular flexibility index (Phi) is 3.99. The van der Waals surface area contributed by atoms with Crippen molar-refractivity contribution in [2.24, 2.45) is 0 Å². The number of benzene rings is 2. The molecule has 0 aliphatic rings. The molecule has 21 heavy (non-hydrogen) atoms. The van der Waals surface area contributed by atoms with Crippen molar-refractivity contribution < 1.29 is 5.11 Å². The lowest BCUT2D eigenvalue weighted by Crippen LogP contribution is -2.09. The third-order valence-corrected chi connectivity index (χ3v) is 3.44. The highest BCUT2D eigenvalue weighted by Crippen LogP contribution is 2.19. The fraction of sp³-hybridized carbons (Fsp3) is 0.125. The van der Waals surface area contributed by atoms with Gasteiger partial charge in [-0.15, -0.1) is 0 Å². The summed E-state index contributed by atoms with van der Waals surface area (Å²) in [4.78, 5) is 4.27. The first-order chi connectivity index (χ1) is 10.2. The third-order valence-electron chi connectivity index (χ3n) is 3.18.